The van der Waals surface area contributed by atoms with Gasteiger partial charge in [0.25, 0.3) is 0 Å². The highest BCUT2D eigenvalue weighted by molar-refractivity contribution is 5.98. The van der Waals surface area contributed by atoms with Gasteiger partial charge in [-0.3, -0.25) is 9.78 Å². The van der Waals surface area contributed by atoms with Crippen LogP contribution in [-0.2, 0) is 11.2 Å². The number of carbonyl (C=O) groups excluding carboxylic acids is 1. The van der Waals surface area contributed by atoms with Crippen LogP contribution < -0.4 is 0 Å². The largest absolute Gasteiger partial charge is 0.381 e. The van der Waals surface area contributed by atoms with Crippen molar-refractivity contribution in [1.29, 1.82) is 0 Å². The maximum Gasteiger partial charge on any atom is 0.167 e. The smallest absolute Gasteiger partial charge is 0.167 e. The average molecular weight is 261 g/mol. The van der Waals surface area contributed by atoms with E-state index in [-0.39, 0.29) is 11.7 Å². The van der Waals surface area contributed by atoms with Crippen LogP contribution >= 0.6 is 0 Å². The predicted molar refractivity (Wildman–Crippen MR) is 75.5 cm³/mol. The molecule has 0 saturated carbocycles. The molecule has 1 unspecified atom stereocenters. The topological polar surface area (TPSA) is 39.2 Å². The van der Waals surface area contributed by atoms with Gasteiger partial charge in [-0.25, -0.2) is 0 Å². The minimum atomic E-state index is 0.105. The maximum absolute atomic E-state index is 12.7. The van der Waals surface area contributed by atoms with Gasteiger partial charge in [-0.05, 0) is 44.2 Å². The highest BCUT2D eigenvalue weighted by Gasteiger charge is 2.22. The van der Waals surface area contributed by atoms with Gasteiger partial charge in [0.1, 0.15) is 0 Å². The Kier molecular flexibility index (Phi) is 5.08. The molecule has 2 heterocycles. The number of aryl methyl sites for hydroxylation is 2. The van der Waals surface area contributed by atoms with Crippen LogP contribution in [0.4, 0.5) is 0 Å². The number of Topliss-reactive ketones (excluding diaryl/α,β-unsaturated/α-hetero) is 1. The number of ether oxygens (including phenoxy) is 1. The Morgan fingerprint density at radius 3 is 3.00 bits per heavy atom. The summed E-state index contributed by atoms with van der Waals surface area (Å²) in [6.45, 7) is 5.56. The highest BCUT2D eigenvalue weighted by Crippen LogP contribution is 2.23. The van der Waals surface area contributed by atoms with E-state index in [9.17, 15) is 4.79 Å². The molecule has 1 aliphatic heterocycles. The molecule has 0 aliphatic carbocycles. The lowest BCUT2D eigenvalue weighted by molar-refractivity contribution is 0.0752. The molecule has 19 heavy (non-hydrogen) atoms. The Bertz CT molecular complexity index is 434. The zero-order valence-electron chi connectivity index (χ0n) is 11.9. The zero-order valence-corrected chi connectivity index (χ0v) is 11.9. The fourth-order valence-corrected chi connectivity index (χ4v) is 2.57. The molecule has 1 aliphatic rings. The first-order valence-electron chi connectivity index (χ1n) is 7.30. The minimum absolute atomic E-state index is 0.105. The maximum atomic E-state index is 12.7. The Labute approximate surface area is 115 Å². The van der Waals surface area contributed by atoms with Crippen molar-refractivity contribution in [3.63, 3.8) is 0 Å². The van der Waals surface area contributed by atoms with Crippen molar-refractivity contribution in [3.8, 4) is 0 Å². The summed E-state index contributed by atoms with van der Waals surface area (Å²) in [6.07, 6.45) is 6.76. The summed E-state index contributed by atoms with van der Waals surface area (Å²) in [7, 11) is 0. The summed E-state index contributed by atoms with van der Waals surface area (Å²) in [5.74, 6) is 0.360. The van der Waals surface area contributed by atoms with Gasteiger partial charge in [-0.1, -0.05) is 13.3 Å². The third-order valence-corrected chi connectivity index (χ3v) is 3.89. The predicted octanol–water partition coefficient (Wildman–Crippen LogP) is 3.34. The zero-order chi connectivity index (χ0) is 13.7. The number of rotatable bonds is 3. The minimum Gasteiger partial charge on any atom is -0.381 e. The van der Waals surface area contributed by atoms with Gasteiger partial charge in [0.2, 0.25) is 0 Å². The van der Waals surface area contributed by atoms with Crippen LogP contribution in [0.25, 0.3) is 0 Å². The Balaban J connectivity index is 2.17. The molecule has 104 valence electrons. The van der Waals surface area contributed by atoms with E-state index in [1.807, 2.05) is 19.2 Å². The van der Waals surface area contributed by atoms with Crippen molar-refractivity contribution in [2.75, 3.05) is 13.2 Å². The molecule has 1 aromatic heterocycles. The lowest BCUT2D eigenvalue weighted by Gasteiger charge is -2.19. The van der Waals surface area contributed by atoms with Crippen molar-refractivity contribution < 1.29 is 9.53 Å². The van der Waals surface area contributed by atoms with Crippen molar-refractivity contribution in [2.24, 2.45) is 5.92 Å². The molecule has 3 nitrogen and oxygen atoms in total. The Morgan fingerprint density at radius 2 is 2.21 bits per heavy atom. The van der Waals surface area contributed by atoms with Gasteiger partial charge in [0, 0.05) is 36.6 Å². The Hall–Kier alpha value is -1.22. The molecule has 0 N–H and O–H groups in total. The normalized spacial score (nSPS) is 20.6. The number of hydrogen-bond donors (Lipinski definition) is 0. The van der Waals surface area contributed by atoms with Gasteiger partial charge in [0.05, 0.1) is 0 Å². The molecule has 0 aromatic carbocycles. The van der Waals surface area contributed by atoms with E-state index in [0.29, 0.717) is 6.61 Å². The molecule has 1 saturated heterocycles. The summed E-state index contributed by atoms with van der Waals surface area (Å²) in [5, 5.41) is 0. The molecule has 0 radical (unpaired) electrons. The molecular weight excluding hydrogens is 238 g/mol. The van der Waals surface area contributed by atoms with Crippen molar-refractivity contribution in [3.05, 3.63) is 29.1 Å². The lowest BCUT2D eigenvalue weighted by Crippen LogP contribution is -2.20. The quantitative estimate of drug-likeness (QED) is 0.783. The van der Waals surface area contributed by atoms with E-state index in [1.165, 1.54) is 0 Å². The highest BCUT2D eigenvalue weighted by atomic mass is 16.5. The van der Waals surface area contributed by atoms with Crippen LogP contribution in [0.3, 0.4) is 0 Å². The number of hydrogen-bond acceptors (Lipinski definition) is 3. The summed E-state index contributed by atoms with van der Waals surface area (Å²) >= 11 is 0. The first kappa shape index (κ1) is 14.2. The van der Waals surface area contributed by atoms with E-state index in [4.69, 9.17) is 4.74 Å². The number of nitrogens with zero attached hydrogens (tertiary/aromatic N) is 1. The van der Waals surface area contributed by atoms with Crippen LogP contribution in [0, 0.1) is 12.8 Å². The van der Waals surface area contributed by atoms with Crippen LogP contribution in [0.15, 0.2) is 12.3 Å². The first-order valence-corrected chi connectivity index (χ1v) is 7.30. The molecule has 1 fully saturated rings. The van der Waals surface area contributed by atoms with E-state index in [2.05, 4.69) is 11.9 Å². The summed E-state index contributed by atoms with van der Waals surface area (Å²) in [5.41, 5.74) is 2.80. The second kappa shape index (κ2) is 6.80. The second-order valence-corrected chi connectivity index (χ2v) is 5.29. The van der Waals surface area contributed by atoms with Gasteiger partial charge >= 0.3 is 0 Å². The van der Waals surface area contributed by atoms with Gasteiger partial charge in [-0.15, -0.1) is 0 Å². The van der Waals surface area contributed by atoms with Gasteiger partial charge in [0.15, 0.2) is 5.78 Å². The number of ketones is 1. The van der Waals surface area contributed by atoms with Crippen LogP contribution in [0.1, 0.15) is 54.2 Å². The number of carbonyl (C=O) groups is 1. The molecule has 0 bridgehead atoms. The fraction of sp³-hybridized carbons (Fsp3) is 0.625. The second-order valence-electron chi connectivity index (χ2n) is 5.29. The summed E-state index contributed by atoms with van der Waals surface area (Å²) in [4.78, 5) is 17.0. The van der Waals surface area contributed by atoms with E-state index >= 15 is 0 Å². The SMILES string of the molecule is CCc1cnc(C)c(C(=O)C2CCCCOCC2)c1. The lowest BCUT2D eigenvalue weighted by atomic mass is 9.88. The first-order chi connectivity index (χ1) is 9.22. The third-order valence-electron chi connectivity index (χ3n) is 3.89. The summed E-state index contributed by atoms with van der Waals surface area (Å²) < 4.78 is 5.50. The summed E-state index contributed by atoms with van der Waals surface area (Å²) in [6, 6.07) is 2.02. The van der Waals surface area contributed by atoms with Crippen molar-refractivity contribution >= 4 is 5.78 Å². The third kappa shape index (κ3) is 3.63. The van der Waals surface area contributed by atoms with Crippen molar-refractivity contribution in [2.45, 2.75) is 46.0 Å². The molecule has 1 aromatic rings. The van der Waals surface area contributed by atoms with Gasteiger partial charge in [-0.2, -0.15) is 0 Å². The van der Waals surface area contributed by atoms with E-state index in [0.717, 1.165) is 55.5 Å². The Morgan fingerprint density at radius 1 is 1.37 bits per heavy atom. The van der Waals surface area contributed by atoms with Gasteiger partial charge < -0.3 is 4.74 Å². The monoisotopic (exact) mass is 261 g/mol. The van der Waals surface area contributed by atoms with Crippen LogP contribution in [-0.4, -0.2) is 24.0 Å². The average Bonchev–Trinajstić information content (AvgIpc) is 2.38. The molecular formula is C16H23NO2. The standard InChI is InChI=1S/C16H23NO2/c1-3-13-10-15(12(2)17-11-13)16(18)14-6-4-5-8-19-9-7-14/h10-11,14H,3-9H2,1-2H3. The van der Waals surface area contributed by atoms with E-state index < -0.39 is 0 Å². The van der Waals surface area contributed by atoms with Crippen LogP contribution in [0.5, 0.6) is 0 Å². The molecule has 2 rings (SSSR count). The molecule has 3 heteroatoms. The van der Waals surface area contributed by atoms with Crippen LogP contribution in [0.2, 0.25) is 0 Å². The van der Waals surface area contributed by atoms with Crippen molar-refractivity contribution in [1.82, 2.24) is 4.98 Å². The molecule has 0 spiro atoms. The fourth-order valence-electron chi connectivity index (χ4n) is 2.57. The van der Waals surface area contributed by atoms with E-state index in [1.54, 1.807) is 0 Å². The molecule has 1 atom stereocenters. The number of aromatic nitrogens is 1. The number of pyridine rings is 1. The molecule has 0 amide bonds.